The van der Waals surface area contributed by atoms with Crippen LogP contribution in [0.2, 0.25) is 0 Å². The van der Waals surface area contributed by atoms with E-state index in [1.165, 1.54) is 6.92 Å². The van der Waals surface area contributed by atoms with Gasteiger partial charge in [-0.2, -0.15) is 0 Å². The largest absolute Gasteiger partial charge is 0.466 e. The molecule has 0 radical (unpaired) electrons. The predicted octanol–water partition coefficient (Wildman–Crippen LogP) is 1.04. The first-order valence-electron chi connectivity index (χ1n) is 9.97. The SMILES string of the molecule is CCOC(=O)CN1C(=O)[C@@]2(C(C(=O)OC)=C(C)OC(N)=C2C(=O)OCC)c2ccccc21. The Kier molecular flexibility index (Phi) is 6.24. The molecule has 0 saturated heterocycles. The van der Waals surface area contributed by atoms with Gasteiger partial charge in [-0.25, -0.2) is 9.59 Å². The fourth-order valence-corrected chi connectivity index (χ4v) is 4.13. The van der Waals surface area contributed by atoms with Crippen molar-refractivity contribution < 1.29 is 38.1 Å². The number of allylic oxidation sites excluding steroid dienone is 1. The van der Waals surface area contributed by atoms with E-state index in [1.807, 2.05) is 0 Å². The standard InChI is InChI=1S/C22H24N2O8/c1-5-30-15(25)11-24-14-10-8-7-9-13(14)22(21(24)28)16(19(26)29-4)12(3)32-18(23)17(22)20(27)31-6-2/h7-10H,5-6,11,23H2,1-4H3/t22-/m1/s1. The van der Waals surface area contributed by atoms with Gasteiger partial charge in [-0.15, -0.1) is 0 Å². The molecule has 10 nitrogen and oxygen atoms in total. The Balaban J connectivity index is 2.36. The zero-order chi connectivity index (χ0) is 23.6. The van der Waals surface area contributed by atoms with E-state index in [4.69, 9.17) is 24.7 Å². The molecule has 170 valence electrons. The fourth-order valence-electron chi connectivity index (χ4n) is 4.13. The van der Waals surface area contributed by atoms with E-state index >= 15 is 0 Å². The second kappa shape index (κ2) is 8.74. The van der Waals surface area contributed by atoms with Gasteiger partial charge in [0.25, 0.3) is 0 Å². The number of esters is 3. The van der Waals surface area contributed by atoms with Crippen molar-refractivity contribution in [2.24, 2.45) is 5.73 Å². The van der Waals surface area contributed by atoms with Crippen molar-refractivity contribution in [3.63, 3.8) is 0 Å². The first kappa shape index (κ1) is 22.9. The highest BCUT2D eigenvalue weighted by molar-refractivity contribution is 6.23. The monoisotopic (exact) mass is 444 g/mol. The summed E-state index contributed by atoms with van der Waals surface area (Å²) in [5.41, 5.74) is 4.07. The van der Waals surface area contributed by atoms with Gasteiger partial charge in [0.1, 0.15) is 28.9 Å². The first-order valence-corrected chi connectivity index (χ1v) is 9.97. The molecule has 32 heavy (non-hydrogen) atoms. The maximum atomic E-state index is 14.0. The molecular weight excluding hydrogens is 420 g/mol. The van der Waals surface area contributed by atoms with Gasteiger partial charge in [0.05, 0.1) is 20.3 Å². The maximum Gasteiger partial charge on any atom is 0.341 e. The summed E-state index contributed by atoms with van der Waals surface area (Å²) >= 11 is 0. The van der Waals surface area contributed by atoms with Gasteiger partial charge in [-0.3, -0.25) is 14.5 Å². The molecule has 0 saturated carbocycles. The number of rotatable bonds is 6. The Bertz CT molecular complexity index is 1060. The van der Waals surface area contributed by atoms with Crippen LogP contribution in [0.15, 0.2) is 47.1 Å². The van der Waals surface area contributed by atoms with E-state index in [0.29, 0.717) is 5.69 Å². The van der Waals surface area contributed by atoms with Crippen LogP contribution in [0.3, 0.4) is 0 Å². The van der Waals surface area contributed by atoms with Crippen LogP contribution in [0.5, 0.6) is 0 Å². The molecule has 2 N–H and O–H groups in total. The van der Waals surface area contributed by atoms with Crippen LogP contribution in [0.25, 0.3) is 0 Å². The number of anilines is 1. The molecule has 3 rings (SSSR count). The first-order chi connectivity index (χ1) is 15.2. The highest BCUT2D eigenvalue weighted by Gasteiger charge is 2.64. The van der Waals surface area contributed by atoms with E-state index in [0.717, 1.165) is 12.0 Å². The normalized spacial score (nSPS) is 19.6. The minimum Gasteiger partial charge on any atom is -0.466 e. The third kappa shape index (κ3) is 3.28. The Hall–Kier alpha value is -3.82. The number of carbonyl (C=O) groups excluding carboxylic acids is 4. The molecule has 0 unspecified atom stereocenters. The molecule has 2 heterocycles. The van der Waals surface area contributed by atoms with Crippen LogP contribution in [0, 0.1) is 0 Å². The number of hydrogen-bond donors (Lipinski definition) is 1. The minimum atomic E-state index is -2.02. The smallest absolute Gasteiger partial charge is 0.341 e. The lowest BCUT2D eigenvalue weighted by molar-refractivity contribution is -0.143. The topological polar surface area (TPSA) is 134 Å². The van der Waals surface area contributed by atoms with Gasteiger partial charge in [0, 0.05) is 11.3 Å². The van der Waals surface area contributed by atoms with Crippen LogP contribution in [0.4, 0.5) is 5.69 Å². The molecule has 0 aliphatic carbocycles. The molecule has 2 aliphatic heterocycles. The van der Waals surface area contributed by atoms with Crippen molar-refractivity contribution in [2.45, 2.75) is 26.2 Å². The second-order valence-electron chi connectivity index (χ2n) is 6.95. The third-order valence-corrected chi connectivity index (χ3v) is 5.24. The molecule has 1 spiro atoms. The molecule has 10 heteroatoms. The highest BCUT2D eigenvalue weighted by atomic mass is 16.5. The maximum absolute atomic E-state index is 14.0. The second-order valence-corrected chi connectivity index (χ2v) is 6.95. The fraction of sp³-hybridized carbons (Fsp3) is 0.364. The Morgan fingerprint density at radius 3 is 2.34 bits per heavy atom. The molecule has 2 aliphatic rings. The van der Waals surface area contributed by atoms with Gasteiger partial charge in [-0.05, 0) is 26.8 Å². The number of hydrogen-bond acceptors (Lipinski definition) is 9. The number of fused-ring (bicyclic) bond motifs is 2. The van der Waals surface area contributed by atoms with Crippen molar-refractivity contribution in [2.75, 3.05) is 31.8 Å². The molecule has 0 aromatic heterocycles. The molecule has 0 fully saturated rings. The zero-order valence-electron chi connectivity index (χ0n) is 18.2. The lowest BCUT2D eigenvalue weighted by Crippen LogP contribution is -2.51. The summed E-state index contributed by atoms with van der Waals surface area (Å²) in [5, 5.41) is 0. The van der Waals surface area contributed by atoms with Crippen molar-refractivity contribution >= 4 is 29.5 Å². The Labute approximate surface area is 184 Å². The summed E-state index contributed by atoms with van der Waals surface area (Å²) < 4.78 is 20.6. The molecule has 1 aromatic rings. The summed E-state index contributed by atoms with van der Waals surface area (Å²) in [6, 6.07) is 6.47. The molecule has 1 aromatic carbocycles. The number of benzene rings is 1. The Morgan fingerprint density at radius 1 is 1.06 bits per heavy atom. The quantitative estimate of drug-likeness (QED) is 0.504. The van der Waals surface area contributed by atoms with Crippen molar-refractivity contribution in [1.82, 2.24) is 0 Å². The average Bonchev–Trinajstić information content (AvgIpc) is 2.97. The summed E-state index contributed by atoms with van der Waals surface area (Å²) in [7, 11) is 1.14. The van der Waals surface area contributed by atoms with Gasteiger partial charge < -0.3 is 24.7 Å². The lowest BCUT2D eigenvalue weighted by atomic mass is 9.67. The summed E-state index contributed by atoms with van der Waals surface area (Å²) in [6.07, 6.45) is 0. The molecule has 1 amide bonds. The molecular formula is C22H24N2O8. The van der Waals surface area contributed by atoms with Crippen molar-refractivity contribution in [3.05, 3.63) is 52.6 Å². The van der Waals surface area contributed by atoms with E-state index in [2.05, 4.69) is 0 Å². The van der Waals surface area contributed by atoms with E-state index in [9.17, 15) is 19.2 Å². The van der Waals surface area contributed by atoms with E-state index in [-0.39, 0.29) is 41.6 Å². The van der Waals surface area contributed by atoms with Crippen LogP contribution in [-0.4, -0.2) is 50.7 Å². The zero-order valence-corrected chi connectivity index (χ0v) is 18.2. The Morgan fingerprint density at radius 2 is 1.72 bits per heavy atom. The van der Waals surface area contributed by atoms with Gasteiger partial charge in [-0.1, -0.05) is 18.2 Å². The molecule has 0 bridgehead atoms. The van der Waals surface area contributed by atoms with Crippen molar-refractivity contribution in [3.8, 4) is 0 Å². The van der Waals surface area contributed by atoms with Crippen LogP contribution in [-0.2, 0) is 43.5 Å². The van der Waals surface area contributed by atoms with E-state index < -0.39 is 35.8 Å². The van der Waals surface area contributed by atoms with E-state index in [1.54, 1.807) is 38.1 Å². The third-order valence-electron chi connectivity index (χ3n) is 5.24. The van der Waals surface area contributed by atoms with Crippen LogP contribution < -0.4 is 10.6 Å². The number of amides is 1. The summed E-state index contributed by atoms with van der Waals surface area (Å²) in [6.45, 7) is 4.34. The summed E-state index contributed by atoms with van der Waals surface area (Å²) in [4.78, 5) is 53.4. The molecule has 1 atom stereocenters. The summed E-state index contributed by atoms with van der Waals surface area (Å²) in [5.74, 6) is -3.62. The average molecular weight is 444 g/mol. The minimum absolute atomic E-state index is 0.00960. The number of methoxy groups -OCH3 is 1. The number of carbonyl (C=O) groups is 4. The lowest BCUT2D eigenvalue weighted by Gasteiger charge is -2.36. The van der Waals surface area contributed by atoms with Gasteiger partial charge in [0.15, 0.2) is 0 Å². The number of nitrogens with zero attached hydrogens (tertiary/aromatic N) is 1. The van der Waals surface area contributed by atoms with Crippen molar-refractivity contribution in [1.29, 1.82) is 0 Å². The highest BCUT2D eigenvalue weighted by Crippen LogP contribution is 2.54. The number of ether oxygens (including phenoxy) is 4. The van der Waals surface area contributed by atoms with Crippen LogP contribution in [0.1, 0.15) is 26.3 Å². The van der Waals surface area contributed by atoms with Gasteiger partial charge in [0.2, 0.25) is 11.8 Å². The van der Waals surface area contributed by atoms with Gasteiger partial charge >= 0.3 is 17.9 Å². The number of para-hydroxylation sites is 1. The number of nitrogens with two attached hydrogens (primary N) is 1. The van der Waals surface area contributed by atoms with Crippen LogP contribution >= 0.6 is 0 Å². The predicted molar refractivity (Wildman–Crippen MR) is 111 cm³/mol.